The van der Waals surface area contributed by atoms with Gasteiger partial charge in [0.2, 0.25) is 0 Å². The van der Waals surface area contributed by atoms with E-state index in [1.807, 2.05) is 0 Å². The molecule has 0 fully saturated rings. The molecule has 0 spiro atoms. The molecule has 98 valence electrons. The van der Waals surface area contributed by atoms with Crippen molar-refractivity contribution in [2.24, 2.45) is 5.92 Å². The molecule has 0 saturated carbocycles. The zero-order valence-electron chi connectivity index (χ0n) is 11.5. The van der Waals surface area contributed by atoms with Crippen molar-refractivity contribution >= 4 is 0 Å². The Bertz CT molecular complexity index is 111. The lowest BCUT2D eigenvalue weighted by molar-refractivity contribution is 0.241. The third kappa shape index (κ3) is 10.5. The fourth-order valence-electron chi connectivity index (χ4n) is 2.34. The first-order chi connectivity index (χ1) is 7.85. The van der Waals surface area contributed by atoms with Gasteiger partial charge in [0.1, 0.15) is 0 Å². The van der Waals surface area contributed by atoms with E-state index in [0.717, 1.165) is 12.3 Å². The normalized spacial score (nSPS) is 11.2. The van der Waals surface area contributed by atoms with Crippen LogP contribution >= 0.6 is 0 Å². The first-order valence-electron chi connectivity index (χ1n) is 7.46. The van der Waals surface area contributed by atoms with Crippen LogP contribution < -0.4 is 0 Å². The Labute approximate surface area is 103 Å². The SMILES string of the molecule is CCCCCCC(CCO)CCCCCC. The lowest BCUT2D eigenvalue weighted by Gasteiger charge is -2.15. The molecule has 1 nitrogen and oxygen atoms in total. The largest absolute Gasteiger partial charge is 0.396 e. The van der Waals surface area contributed by atoms with Crippen LogP contribution in [0.15, 0.2) is 0 Å². The predicted molar refractivity (Wildman–Crippen MR) is 72.7 cm³/mol. The summed E-state index contributed by atoms with van der Waals surface area (Å²) < 4.78 is 0. The number of rotatable bonds is 12. The molecule has 0 saturated heterocycles. The Morgan fingerprint density at radius 3 is 1.56 bits per heavy atom. The summed E-state index contributed by atoms with van der Waals surface area (Å²) in [6.45, 7) is 4.90. The smallest absolute Gasteiger partial charge is 0.0433 e. The van der Waals surface area contributed by atoms with E-state index in [-0.39, 0.29) is 0 Å². The van der Waals surface area contributed by atoms with Gasteiger partial charge < -0.3 is 5.11 Å². The second-order valence-electron chi connectivity index (χ2n) is 5.08. The Morgan fingerprint density at radius 2 is 1.19 bits per heavy atom. The lowest BCUT2D eigenvalue weighted by Crippen LogP contribution is -2.03. The number of hydrogen-bond donors (Lipinski definition) is 1. The molecule has 0 atom stereocenters. The van der Waals surface area contributed by atoms with Crippen molar-refractivity contribution in [1.82, 2.24) is 0 Å². The molecule has 0 heterocycles. The van der Waals surface area contributed by atoms with Gasteiger partial charge in [-0.05, 0) is 12.3 Å². The van der Waals surface area contributed by atoms with Crippen molar-refractivity contribution in [2.75, 3.05) is 6.61 Å². The Balaban J connectivity index is 3.45. The molecule has 1 heteroatoms. The van der Waals surface area contributed by atoms with Crippen molar-refractivity contribution in [3.8, 4) is 0 Å². The van der Waals surface area contributed by atoms with E-state index in [4.69, 9.17) is 5.11 Å². The van der Waals surface area contributed by atoms with Crippen LogP contribution in [-0.4, -0.2) is 11.7 Å². The van der Waals surface area contributed by atoms with Crippen molar-refractivity contribution in [2.45, 2.75) is 84.5 Å². The highest BCUT2D eigenvalue weighted by molar-refractivity contribution is 4.60. The second-order valence-corrected chi connectivity index (χ2v) is 5.08. The summed E-state index contributed by atoms with van der Waals surface area (Å²) in [5, 5.41) is 9.04. The summed E-state index contributed by atoms with van der Waals surface area (Å²) in [7, 11) is 0. The standard InChI is InChI=1S/C15H32O/c1-3-5-7-9-11-15(13-14-16)12-10-8-6-4-2/h15-16H,3-14H2,1-2H3. The van der Waals surface area contributed by atoms with Gasteiger partial charge in [0.25, 0.3) is 0 Å². The average Bonchev–Trinajstić information content (AvgIpc) is 2.30. The summed E-state index contributed by atoms with van der Waals surface area (Å²) in [5.74, 6) is 0.790. The highest BCUT2D eigenvalue weighted by atomic mass is 16.3. The van der Waals surface area contributed by atoms with E-state index in [0.29, 0.717) is 6.61 Å². The molecule has 0 aromatic carbocycles. The van der Waals surface area contributed by atoms with Gasteiger partial charge in [-0.3, -0.25) is 0 Å². The maximum absolute atomic E-state index is 9.04. The van der Waals surface area contributed by atoms with Gasteiger partial charge in [0, 0.05) is 6.61 Å². The molecule has 0 aliphatic rings. The molecule has 0 unspecified atom stereocenters. The lowest BCUT2D eigenvalue weighted by atomic mass is 9.92. The third-order valence-corrected chi connectivity index (χ3v) is 3.47. The van der Waals surface area contributed by atoms with Gasteiger partial charge in [-0.25, -0.2) is 0 Å². The fraction of sp³-hybridized carbons (Fsp3) is 1.00. The topological polar surface area (TPSA) is 20.2 Å². The first-order valence-corrected chi connectivity index (χ1v) is 7.46. The van der Waals surface area contributed by atoms with Crippen LogP contribution in [0.4, 0.5) is 0 Å². The maximum Gasteiger partial charge on any atom is 0.0433 e. The zero-order chi connectivity index (χ0) is 12.1. The molecule has 0 bridgehead atoms. The Kier molecular flexibility index (Phi) is 13.0. The van der Waals surface area contributed by atoms with Crippen LogP contribution in [0.3, 0.4) is 0 Å². The number of hydrogen-bond acceptors (Lipinski definition) is 1. The van der Waals surface area contributed by atoms with E-state index in [9.17, 15) is 0 Å². The van der Waals surface area contributed by atoms with Gasteiger partial charge in [0.05, 0.1) is 0 Å². The average molecular weight is 228 g/mol. The molecule has 0 aliphatic heterocycles. The fourth-order valence-corrected chi connectivity index (χ4v) is 2.34. The molecule has 0 aromatic heterocycles. The minimum Gasteiger partial charge on any atom is -0.396 e. The number of unbranched alkanes of at least 4 members (excludes halogenated alkanes) is 6. The molecule has 16 heavy (non-hydrogen) atoms. The van der Waals surface area contributed by atoms with Gasteiger partial charge in [-0.2, -0.15) is 0 Å². The molecule has 0 radical (unpaired) electrons. The van der Waals surface area contributed by atoms with Crippen LogP contribution in [0.5, 0.6) is 0 Å². The minimum atomic E-state index is 0.381. The van der Waals surface area contributed by atoms with Crippen molar-refractivity contribution < 1.29 is 5.11 Å². The minimum absolute atomic E-state index is 0.381. The Hall–Kier alpha value is -0.0400. The molecule has 0 aromatic rings. The van der Waals surface area contributed by atoms with Crippen LogP contribution in [-0.2, 0) is 0 Å². The second kappa shape index (κ2) is 13.0. The third-order valence-electron chi connectivity index (χ3n) is 3.47. The summed E-state index contributed by atoms with van der Waals surface area (Å²) in [6.07, 6.45) is 14.6. The Morgan fingerprint density at radius 1 is 0.688 bits per heavy atom. The molecular weight excluding hydrogens is 196 g/mol. The van der Waals surface area contributed by atoms with E-state index < -0.39 is 0 Å². The van der Waals surface area contributed by atoms with Gasteiger partial charge >= 0.3 is 0 Å². The molecular formula is C15H32O. The van der Waals surface area contributed by atoms with Crippen molar-refractivity contribution in [1.29, 1.82) is 0 Å². The molecule has 0 amide bonds. The molecule has 0 aliphatic carbocycles. The van der Waals surface area contributed by atoms with Crippen molar-refractivity contribution in [3.63, 3.8) is 0 Å². The van der Waals surface area contributed by atoms with Crippen LogP contribution in [0.1, 0.15) is 84.5 Å². The summed E-state index contributed by atoms with van der Waals surface area (Å²) in [6, 6.07) is 0. The quantitative estimate of drug-likeness (QED) is 0.470. The van der Waals surface area contributed by atoms with Crippen LogP contribution in [0.25, 0.3) is 0 Å². The monoisotopic (exact) mass is 228 g/mol. The first kappa shape index (κ1) is 16.0. The molecule has 1 N–H and O–H groups in total. The summed E-state index contributed by atoms with van der Waals surface area (Å²) in [4.78, 5) is 0. The van der Waals surface area contributed by atoms with Gasteiger partial charge in [0.15, 0.2) is 0 Å². The van der Waals surface area contributed by atoms with Crippen molar-refractivity contribution in [3.05, 3.63) is 0 Å². The van der Waals surface area contributed by atoms with E-state index in [1.165, 1.54) is 64.2 Å². The number of aliphatic hydroxyl groups is 1. The van der Waals surface area contributed by atoms with Gasteiger partial charge in [-0.1, -0.05) is 78.1 Å². The predicted octanol–water partition coefficient (Wildman–Crippen LogP) is 4.93. The summed E-state index contributed by atoms with van der Waals surface area (Å²) in [5.41, 5.74) is 0. The maximum atomic E-state index is 9.04. The van der Waals surface area contributed by atoms with Crippen LogP contribution in [0, 0.1) is 5.92 Å². The van der Waals surface area contributed by atoms with E-state index >= 15 is 0 Å². The molecule has 0 rings (SSSR count). The zero-order valence-corrected chi connectivity index (χ0v) is 11.5. The highest BCUT2D eigenvalue weighted by Crippen LogP contribution is 2.21. The van der Waals surface area contributed by atoms with Crippen LogP contribution in [0.2, 0.25) is 0 Å². The van der Waals surface area contributed by atoms with E-state index in [1.54, 1.807) is 0 Å². The summed E-state index contributed by atoms with van der Waals surface area (Å²) >= 11 is 0. The van der Waals surface area contributed by atoms with Gasteiger partial charge in [-0.15, -0.1) is 0 Å². The van der Waals surface area contributed by atoms with E-state index in [2.05, 4.69) is 13.8 Å². The highest BCUT2D eigenvalue weighted by Gasteiger charge is 2.07. The number of aliphatic hydroxyl groups excluding tert-OH is 1.